The smallest absolute Gasteiger partial charge is 0.363 e. The molecule has 0 spiro atoms. The molecule has 0 aliphatic carbocycles. The Hall–Kier alpha value is -2.25. The zero-order chi connectivity index (χ0) is 14.8. The number of rotatable bonds is 3. The van der Waals surface area contributed by atoms with E-state index >= 15 is 0 Å². The van der Waals surface area contributed by atoms with E-state index in [0.717, 1.165) is 12.1 Å². The third kappa shape index (κ3) is 3.19. The maximum absolute atomic E-state index is 13.6. The van der Waals surface area contributed by atoms with Crippen molar-refractivity contribution in [1.29, 1.82) is 0 Å². The lowest BCUT2D eigenvalue weighted by Crippen LogP contribution is -2.11. The molecule has 0 atom stereocenters. The number of alkyl halides is 3. The van der Waals surface area contributed by atoms with Gasteiger partial charge in [0.15, 0.2) is 5.69 Å². The lowest BCUT2D eigenvalue weighted by molar-refractivity contribution is -0.141. The number of aryl methyl sites for hydroxylation is 1. The first-order valence-electron chi connectivity index (χ1n) is 5.62. The summed E-state index contributed by atoms with van der Waals surface area (Å²) in [5.74, 6) is -0.347. The summed E-state index contributed by atoms with van der Waals surface area (Å²) in [6.07, 6.45) is -3.08. The molecule has 0 aliphatic heterocycles. The molecular formula is C12H10F4N4. The van der Waals surface area contributed by atoms with E-state index in [1.165, 1.54) is 12.3 Å². The van der Waals surface area contributed by atoms with Crippen molar-refractivity contribution in [2.24, 2.45) is 0 Å². The maximum Gasteiger partial charge on any atom is 0.435 e. The zero-order valence-electron chi connectivity index (χ0n) is 10.4. The molecule has 2 rings (SSSR count). The van der Waals surface area contributed by atoms with Gasteiger partial charge in [-0.2, -0.15) is 13.2 Å². The van der Waals surface area contributed by atoms with Crippen LogP contribution in [0.4, 0.5) is 23.4 Å². The second-order valence-corrected chi connectivity index (χ2v) is 4.04. The number of hydrogen-bond donors (Lipinski definition) is 1. The van der Waals surface area contributed by atoms with Gasteiger partial charge in [0.2, 0.25) is 0 Å². The highest BCUT2D eigenvalue weighted by molar-refractivity contribution is 5.34. The monoisotopic (exact) mass is 286 g/mol. The van der Waals surface area contributed by atoms with Gasteiger partial charge in [-0.1, -0.05) is 0 Å². The summed E-state index contributed by atoms with van der Waals surface area (Å²) in [5.41, 5.74) is -0.482. The van der Waals surface area contributed by atoms with Crippen LogP contribution in [0.5, 0.6) is 0 Å². The van der Waals surface area contributed by atoms with Crippen molar-refractivity contribution in [1.82, 2.24) is 15.2 Å². The predicted molar refractivity (Wildman–Crippen MR) is 63.3 cm³/mol. The van der Waals surface area contributed by atoms with E-state index < -0.39 is 17.7 Å². The van der Waals surface area contributed by atoms with Gasteiger partial charge >= 0.3 is 6.18 Å². The van der Waals surface area contributed by atoms with Gasteiger partial charge in [-0.15, -0.1) is 10.2 Å². The summed E-state index contributed by atoms with van der Waals surface area (Å²) >= 11 is 0. The average molecular weight is 286 g/mol. The molecule has 0 saturated carbocycles. The highest BCUT2D eigenvalue weighted by atomic mass is 19.4. The summed E-state index contributed by atoms with van der Waals surface area (Å²) in [7, 11) is 0. The number of pyridine rings is 1. The van der Waals surface area contributed by atoms with E-state index in [1.54, 1.807) is 6.92 Å². The van der Waals surface area contributed by atoms with Crippen LogP contribution in [0.25, 0.3) is 0 Å². The molecule has 2 aromatic heterocycles. The minimum Gasteiger partial charge on any atom is -0.363 e. The Labute approximate surface area is 111 Å². The number of hydrogen-bond acceptors (Lipinski definition) is 4. The number of anilines is 1. The van der Waals surface area contributed by atoms with Crippen molar-refractivity contribution in [3.8, 4) is 0 Å². The van der Waals surface area contributed by atoms with Gasteiger partial charge in [0.1, 0.15) is 11.6 Å². The number of nitrogens with zero attached hydrogens (tertiary/aromatic N) is 3. The minimum absolute atomic E-state index is 0.00750. The fourth-order valence-corrected chi connectivity index (χ4v) is 1.47. The Morgan fingerprint density at radius 1 is 1.15 bits per heavy atom. The van der Waals surface area contributed by atoms with Gasteiger partial charge in [0.25, 0.3) is 0 Å². The molecule has 2 heterocycles. The highest BCUT2D eigenvalue weighted by Gasteiger charge is 2.32. The summed E-state index contributed by atoms with van der Waals surface area (Å²) in [5, 5.41) is 9.10. The Bertz CT molecular complexity index is 595. The fraction of sp³-hybridized carbons (Fsp3) is 0.250. The van der Waals surface area contributed by atoms with Crippen LogP contribution in [0.1, 0.15) is 17.0 Å². The maximum atomic E-state index is 13.6. The van der Waals surface area contributed by atoms with Gasteiger partial charge in [-0.05, 0) is 30.7 Å². The van der Waals surface area contributed by atoms with Crippen molar-refractivity contribution >= 4 is 5.82 Å². The third-order valence-electron chi connectivity index (χ3n) is 2.55. The molecule has 4 nitrogen and oxygen atoms in total. The summed E-state index contributed by atoms with van der Waals surface area (Å²) in [4.78, 5) is 3.85. The van der Waals surface area contributed by atoms with Crippen LogP contribution in [0, 0.1) is 12.7 Å². The van der Waals surface area contributed by atoms with Crippen molar-refractivity contribution in [2.75, 3.05) is 5.32 Å². The van der Waals surface area contributed by atoms with E-state index in [2.05, 4.69) is 20.5 Å². The first-order valence-corrected chi connectivity index (χ1v) is 5.62. The van der Waals surface area contributed by atoms with E-state index in [1.807, 2.05) is 0 Å². The Balaban J connectivity index is 2.06. The second kappa shape index (κ2) is 5.40. The van der Waals surface area contributed by atoms with Crippen LogP contribution in [-0.4, -0.2) is 15.2 Å². The predicted octanol–water partition coefficient (Wildman–Crippen LogP) is 2.95. The molecule has 0 aromatic carbocycles. The summed E-state index contributed by atoms with van der Waals surface area (Å²) in [6.45, 7) is 1.60. The molecule has 0 unspecified atom stereocenters. The van der Waals surface area contributed by atoms with E-state index in [0.29, 0.717) is 5.56 Å². The standard InChI is InChI=1S/C12H10F4N4/c1-7-4-5-17-8(11(7)13)6-18-10-3-2-9(19-20-10)12(14,15)16/h2-5H,6H2,1H3,(H,18,20). The first kappa shape index (κ1) is 14.2. The van der Waals surface area contributed by atoms with Crippen LogP contribution in [0.3, 0.4) is 0 Å². The van der Waals surface area contributed by atoms with Crippen LogP contribution >= 0.6 is 0 Å². The van der Waals surface area contributed by atoms with Crippen LogP contribution in [-0.2, 0) is 12.7 Å². The van der Waals surface area contributed by atoms with Crippen molar-refractivity contribution in [2.45, 2.75) is 19.6 Å². The lowest BCUT2D eigenvalue weighted by atomic mass is 10.2. The zero-order valence-corrected chi connectivity index (χ0v) is 10.4. The topological polar surface area (TPSA) is 50.7 Å². The highest BCUT2D eigenvalue weighted by Crippen LogP contribution is 2.27. The average Bonchev–Trinajstić information content (AvgIpc) is 2.40. The Morgan fingerprint density at radius 2 is 1.90 bits per heavy atom. The Kier molecular flexibility index (Phi) is 3.82. The van der Waals surface area contributed by atoms with Crippen LogP contribution in [0.15, 0.2) is 24.4 Å². The normalized spacial score (nSPS) is 11.4. The molecule has 0 radical (unpaired) electrons. The van der Waals surface area contributed by atoms with Gasteiger partial charge in [-0.3, -0.25) is 4.98 Å². The number of halogens is 4. The molecule has 2 aromatic rings. The molecule has 106 valence electrons. The molecule has 0 saturated heterocycles. The molecule has 1 N–H and O–H groups in total. The Morgan fingerprint density at radius 3 is 2.50 bits per heavy atom. The van der Waals surface area contributed by atoms with Crippen molar-refractivity contribution in [3.05, 3.63) is 47.2 Å². The first-order chi connectivity index (χ1) is 9.38. The van der Waals surface area contributed by atoms with Crippen molar-refractivity contribution < 1.29 is 17.6 Å². The molecule has 20 heavy (non-hydrogen) atoms. The third-order valence-corrected chi connectivity index (χ3v) is 2.55. The largest absolute Gasteiger partial charge is 0.435 e. The SMILES string of the molecule is Cc1ccnc(CNc2ccc(C(F)(F)F)nn2)c1F. The molecule has 0 amide bonds. The minimum atomic E-state index is -4.53. The van der Waals surface area contributed by atoms with Crippen LogP contribution in [0.2, 0.25) is 0 Å². The molecule has 0 aliphatic rings. The van der Waals surface area contributed by atoms with E-state index in [4.69, 9.17) is 0 Å². The van der Waals surface area contributed by atoms with Gasteiger partial charge in [0, 0.05) is 6.20 Å². The molecular weight excluding hydrogens is 276 g/mol. The fourth-order valence-electron chi connectivity index (χ4n) is 1.47. The van der Waals surface area contributed by atoms with Gasteiger partial charge in [-0.25, -0.2) is 4.39 Å². The number of aromatic nitrogens is 3. The molecule has 0 bridgehead atoms. The second-order valence-electron chi connectivity index (χ2n) is 4.04. The molecule has 8 heteroatoms. The van der Waals surface area contributed by atoms with E-state index in [-0.39, 0.29) is 18.1 Å². The quantitative estimate of drug-likeness (QED) is 0.881. The summed E-state index contributed by atoms with van der Waals surface area (Å²) < 4.78 is 50.5. The van der Waals surface area contributed by atoms with Gasteiger partial charge < -0.3 is 5.32 Å². The molecule has 0 fully saturated rings. The summed E-state index contributed by atoms with van der Waals surface area (Å²) in [6, 6.07) is 3.45. The number of nitrogens with one attached hydrogen (secondary N) is 1. The van der Waals surface area contributed by atoms with E-state index in [9.17, 15) is 17.6 Å². The van der Waals surface area contributed by atoms with Gasteiger partial charge in [0.05, 0.1) is 12.2 Å². The lowest BCUT2D eigenvalue weighted by Gasteiger charge is -2.08. The van der Waals surface area contributed by atoms with Crippen molar-refractivity contribution in [3.63, 3.8) is 0 Å². The van der Waals surface area contributed by atoms with Crippen LogP contribution < -0.4 is 5.32 Å².